The Bertz CT molecular complexity index is 408. The van der Waals surface area contributed by atoms with Crippen LogP contribution in [-0.4, -0.2) is 68.4 Å². The Hall–Kier alpha value is -0.620. The van der Waals surface area contributed by atoms with Gasteiger partial charge in [0.15, 0.2) is 9.84 Å². The van der Waals surface area contributed by atoms with E-state index in [0.29, 0.717) is 6.42 Å². The molecule has 0 aromatic rings. The minimum atomic E-state index is -2.94. The van der Waals surface area contributed by atoms with Crippen molar-refractivity contribution < 1.29 is 13.2 Å². The van der Waals surface area contributed by atoms with Gasteiger partial charge in [0.1, 0.15) is 0 Å². The molecule has 1 heterocycles. The van der Waals surface area contributed by atoms with Gasteiger partial charge in [0.2, 0.25) is 5.91 Å². The van der Waals surface area contributed by atoms with E-state index < -0.39 is 9.84 Å². The molecule has 0 bridgehead atoms. The van der Waals surface area contributed by atoms with E-state index in [1.807, 2.05) is 18.9 Å². The molecule has 1 aliphatic rings. The predicted octanol–water partition coefficient (Wildman–Crippen LogP) is 0.752. The van der Waals surface area contributed by atoms with Gasteiger partial charge in [0.05, 0.1) is 17.5 Å². The molecular weight excluding hydrogens is 264 g/mol. The van der Waals surface area contributed by atoms with Gasteiger partial charge in [0.25, 0.3) is 0 Å². The number of sulfone groups is 1. The number of carbonyl (C=O) groups excluding carboxylic acids is 1. The van der Waals surface area contributed by atoms with Gasteiger partial charge >= 0.3 is 0 Å². The van der Waals surface area contributed by atoms with E-state index in [1.165, 1.54) is 0 Å². The van der Waals surface area contributed by atoms with Gasteiger partial charge in [-0.25, -0.2) is 8.42 Å². The van der Waals surface area contributed by atoms with Crippen LogP contribution in [0.5, 0.6) is 0 Å². The number of nitrogens with zero attached hydrogens (tertiary/aromatic N) is 2. The van der Waals surface area contributed by atoms with Crippen molar-refractivity contribution in [3.05, 3.63) is 0 Å². The summed E-state index contributed by atoms with van der Waals surface area (Å²) in [5, 5.41) is 0. The minimum absolute atomic E-state index is 0.0145. The second kappa shape index (κ2) is 6.70. The van der Waals surface area contributed by atoms with Crippen molar-refractivity contribution in [2.45, 2.75) is 45.2 Å². The van der Waals surface area contributed by atoms with Crippen LogP contribution in [0.25, 0.3) is 0 Å². The molecule has 19 heavy (non-hydrogen) atoms. The fourth-order valence-electron chi connectivity index (χ4n) is 2.35. The highest BCUT2D eigenvalue weighted by Crippen LogP contribution is 2.18. The van der Waals surface area contributed by atoms with Crippen molar-refractivity contribution in [3.8, 4) is 0 Å². The SMILES string of the molecule is CCCCN(C)C(C)C(=O)N(C)C1CCS(=O)(=O)C1. The average molecular weight is 290 g/mol. The smallest absolute Gasteiger partial charge is 0.239 e. The van der Waals surface area contributed by atoms with Gasteiger partial charge in [-0.3, -0.25) is 9.69 Å². The number of amides is 1. The predicted molar refractivity (Wildman–Crippen MR) is 76.8 cm³/mol. The largest absolute Gasteiger partial charge is 0.340 e. The molecule has 1 rings (SSSR count). The average Bonchev–Trinajstić information content (AvgIpc) is 2.73. The molecule has 0 spiro atoms. The summed E-state index contributed by atoms with van der Waals surface area (Å²) in [5.74, 6) is 0.330. The maximum Gasteiger partial charge on any atom is 0.239 e. The highest BCUT2D eigenvalue weighted by molar-refractivity contribution is 7.91. The van der Waals surface area contributed by atoms with Crippen molar-refractivity contribution >= 4 is 15.7 Å². The zero-order chi connectivity index (χ0) is 14.6. The Morgan fingerprint density at radius 1 is 1.37 bits per heavy atom. The normalized spacial score (nSPS) is 23.5. The third-order valence-corrected chi connectivity index (χ3v) is 5.74. The van der Waals surface area contributed by atoms with Crippen molar-refractivity contribution in [1.82, 2.24) is 9.80 Å². The second-order valence-electron chi connectivity index (χ2n) is 5.52. The number of hydrogen-bond acceptors (Lipinski definition) is 4. The lowest BCUT2D eigenvalue weighted by atomic mass is 10.2. The van der Waals surface area contributed by atoms with Crippen molar-refractivity contribution in [2.24, 2.45) is 0 Å². The Morgan fingerprint density at radius 3 is 2.47 bits per heavy atom. The lowest BCUT2D eigenvalue weighted by Crippen LogP contribution is -2.48. The Labute approximate surface area is 116 Å². The van der Waals surface area contributed by atoms with E-state index in [1.54, 1.807) is 11.9 Å². The molecule has 1 saturated heterocycles. The number of unbranched alkanes of at least 4 members (excludes halogenated alkanes) is 1. The topological polar surface area (TPSA) is 57.7 Å². The summed E-state index contributed by atoms with van der Waals surface area (Å²) >= 11 is 0. The second-order valence-corrected chi connectivity index (χ2v) is 7.74. The van der Waals surface area contributed by atoms with E-state index in [2.05, 4.69) is 6.92 Å². The van der Waals surface area contributed by atoms with Crippen LogP contribution in [0.2, 0.25) is 0 Å². The van der Waals surface area contributed by atoms with Crippen molar-refractivity contribution in [1.29, 1.82) is 0 Å². The Balaban J connectivity index is 2.57. The molecule has 0 radical (unpaired) electrons. The monoisotopic (exact) mass is 290 g/mol. The quantitative estimate of drug-likeness (QED) is 0.724. The molecule has 0 saturated carbocycles. The van der Waals surface area contributed by atoms with Gasteiger partial charge in [-0.15, -0.1) is 0 Å². The standard InChI is InChI=1S/C13H26N2O3S/c1-5-6-8-14(3)11(2)13(16)15(4)12-7-9-19(17,18)10-12/h11-12H,5-10H2,1-4H3. The van der Waals surface area contributed by atoms with Crippen LogP contribution in [-0.2, 0) is 14.6 Å². The van der Waals surface area contributed by atoms with Crippen LogP contribution in [0.1, 0.15) is 33.1 Å². The molecule has 0 N–H and O–H groups in total. The first-order valence-corrected chi connectivity index (χ1v) is 8.78. The first-order chi connectivity index (χ1) is 8.78. The minimum Gasteiger partial charge on any atom is -0.340 e. The van der Waals surface area contributed by atoms with Crippen molar-refractivity contribution in [2.75, 3.05) is 32.1 Å². The molecule has 2 unspecified atom stereocenters. The van der Waals surface area contributed by atoms with E-state index in [9.17, 15) is 13.2 Å². The summed E-state index contributed by atoms with van der Waals surface area (Å²) in [4.78, 5) is 16.0. The number of carbonyl (C=O) groups is 1. The number of likely N-dealkylation sites (N-methyl/N-ethyl adjacent to an activating group) is 2. The summed E-state index contributed by atoms with van der Waals surface area (Å²) in [7, 11) is 0.721. The van der Waals surface area contributed by atoms with Gasteiger partial charge in [-0.05, 0) is 33.4 Å². The third kappa shape index (κ3) is 4.45. The summed E-state index contributed by atoms with van der Waals surface area (Å²) in [6.07, 6.45) is 2.73. The highest BCUT2D eigenvalue weighted by atomic mass is 32.2. The van der Waals surface area contributed by atoms with E-state index in [-0.39, 0.29) is 29.5 Å². The molecule has 0 aromatic heterocycles. The van der Waals surface area contributed by atoms with Crippen LogP contribution in [0, 0.1) is 0 Å². The maximum atomic E-state index is 12.3. The first-order valence-electron chi connectivity index (χ1n) is 6.96. The van der Waals surface area contributed by atoms with Gasteiger partial charge in [-0.1, -0.05) is 13.3 Å². The molecule has 112 valence electrons. The summed E-state index contributed by atoms with van der Waals surface area (Å²) in [5.41, 5.74) is 0. The molecule has 6 heteroatoms. The summed E-state index contributed by atoms with van der Waals surface area (Å²) < 4.78 is 22.9. The molecule has 0 aliphatic carbocycles. The Kier molecular flexibility index (Phi) is 5.80. The fourth-order valence-corrected chi connectivity index (χ4v) is 4.12. The zero-order valence-electron chi connectivity index (χ0n) is 12.4. The lowest BCUT2D eigenvalue weighted by molar-refractivity contribution is -0.136. The fraction of sp³-hybridized carbons (Fsp3) is 0.923. The molecule has 1 aliphatic heterocycles. The van der Waals surface area contributed by atoms with Crippen LogP contribution in [0.4, 0.5) is 0 Å². The van der Waals surface area contributed by atoms with Crippen molar-refractivity contribution in [3.63, 3.8) is 0 Å². The summed E-state index contributed by atoms with van der Waals surface area (Å²) in [6, 6.07) is -0.348. The molecule has 1 amide bonds. The molecular formula is C13H26N2O3S. The Morgan fingerprint density at radius 2 is 2.00 bits per heavy atom. The van der Waals surface area contributed by atoms with E-state index >= 15 is 0 Å². The van der Waals surface area contributed by atoms with Crippen LogP contribution in [0.3, 0.4) is 0 Å². The lowest BCUT2D eigenvalue weighted by Gasteiger charge is -2.31. The highest BCUT2D eigenvalue weighted by Gasteiger charge is 2.34. The van der Waals surface area contributed by atoms with Gasteiger partial charge < -0.3 is 4.90 Å². The summed E-state index contributed by atoms with van der Waals surface area (Å²) in [6.45, 7) is 4.90. The third-order valence-electron chi connectivity index (χ3n) is 3.99. The van der Waals surface area contributed by atoms with Crippen LogP contribution in [0.15, 0.2) is 0 Å². The molecule has 5 nitrogen and oxygen atoms in total. The van der Waals surface area contributed by atoms with Crippen LogP contribution >= 0.6 is 0 Å². The molecule has 1 fully saturated rings. The number of rotatable bonds is 6. The molecule has 0 aromatic carbocycles. The zero-order valence-corrected chi connectivity index (χ0v) is 13.2. The van der Waals surface area contributed by atoms with Gasteiger partial charge in [0, 0.05) is 13.1 Å². The first kappa shape index (κ1) is 16.4. The molecule has 2 atom stereocenters. The van der Waals surface area contributed by atoms with Crippen LogP contribution < -0.4 is 0 Å². The van der Waals surface area contributed by atoms with E-state index in [0.717, 1.165) is 19.4 Å². The number of hydrogen-bond donors (Lipinski definition) is 0. The van der Waals surface area contributed by atoms with Gasteiger partial charge in [-0.2, -0.15) is 0 Å². The maximum absolute atomic E-state index is 12.3. The van der Waals surface area contributed by atoms with E-state index in [4.69, 9.17) is 0 Å².